The molecule has 1 saturated heterocycles. The molecule has 0 aromatic carbocycles. The minimum absolute atomic E-state index is 0.0981. The highest BCUT2D eigenvalue weighted by Crippen LogP contribution is 2.71. The Balaban J connectivity index is 2.99. The molecule has 1 rings (SSSR count). The minimum atomic E-state index is -3.78. The normalized spacial score (nSPS) is 15.6. The fourth-order valence-electron chi connectivity index (χ4n) is 2.82. The van der Waals surface area contributed by atoms with Crippen LogP contribution in [0.5, 0.6) is 0 Å². The number of carbonyl (C=O) groups excluding carboxylic acids is 1. The van der Waals surface area contributed by atoms with Gasteiger partial charge in [0.25, 0.3) is 0 Å². The maximum absolute atomic E-state index is 13.4. The van der Waals surface area contributed by atoms with Crippen molar-refractivity contribution in [1.29, 1.82) is 0 Å². The Bertz CT molecular complexity index is 570. The summed E-state index contributed by atoms with van der Waals surface area (Å²) >= 11 is 6.65. The van der Waals surface area contributed by atoms with Gasteiger partial charge >= 0.3 is 15.2 Å². The molecule has 0 atom stereocenters. The van der Waals surface area contributed by atoms with E-state index in [1.54, 1.807) is 32.6 Å². The molecule has 1 fully saturated rings. The van der Waals surface area contributed by atoms with Crippen LogP contribution in [0.15, 0.2) is 0 Å². The average molecular weight is 476 g/mol. The second-order valence-electron chi connectivity index (χ2n) is 5.78. The topological polar surface area (TPSA) is 91.4 Å². The second kappa shape index (κ2) is 12.8. The quantitative estimate of drug-likeness (QED) is 0.258. The molecule has 0 bridgehead atoms. The molecule has 0 aromatic heterocycles. The smallest absolute Gasteiger partial charge is 0.308 e. The summed E-state index contributed by atoms with van der Waals surface area (Å²) in [6.45, 7) is 7.85. The number of carbonyl (C=O) groups is 1. The lowest BCUT2D eigenvalue weighted by molar-refractivity contribution is -0.126. The highest BCUT2D eigenvalue weighted by atomic mass is 32.2. The van der Waals surface area contributed by atoms with Gasteiger partial charge in [-0.3, -0.25) is 18.8 Å². The van der Waals surface area contributed by atoms with Crippen LogP contribution in [0.2, 0.25) is 0 Å². The molecule has 28 heavy (non-hydrogen) atoms. The van der Waals surface area contributed by atoms with Gasteiger partial charge in [0.1, 0.15) is 4.32 Å². The first-order chi connectivity index (χ1) is 13.3. The summed E-state index contributed by atoms with van der Waals surface area (Å²) in [6.07, 6.45) is 0.670. The molecule has 0 aromatic rings. The molecule has 0 spiro atoms. The molecular formula is C16H31NO7P2S2. The van der Waals surface area contributed by atoms with Gasteiger partial charge in [-0.25, -0.2) is 0 Å². The maximum Gasteiger partial charge on any atom is 0.345 e. The Kier molecular flexibility index (Phi) is 12.0. The van der Waals surface area contributed by atoms with Gasteiger partial charge in [-0.1, -0.05) is 24.0 Å². The number of hydrogen-bond donors (Lipinski definition) is 0. The van der Waals surface area contributed by atoms with E-state index in [1.165, 1.54) is 11.8 Å². The van der Waals surface area contributed by atoms with Gasteiger partial charge < -0.3 is 18.1 Å². The van der Waals surface area contributed by atoms with Crippen molar-refractivity contribution in [2.24, 2.45) is 0 Å². The largest absolute Gasteiger partial charge is 0.345 e. The highest BCUT2D eigenvalue weighted by Gasteiger charge is 2.50. The number of nitrogens with zero attached hydrogens (tertiary/aromatic N) is 1. The van der Waals surface area contributed by atoms with Crippen molar-refractivity contribution in [2.45, 2.75) is 52.4 Å². The molecule has 8 nitrogen and oxygen atoms in total. The average Bonchev–Trinajstić information content (AvgIpc) is 3.05. The Morgan fingerprint density at radius 3 is 1.86 bits per heavy atom. The van der Waals surface area contributed by atoms with Crippen molar-refractivity contribution >= 4 is 49.4 Å². The summed E-state index contributed by atoms with van der Waals surface area (Å²) in [6, 6.07) is 0. The third-order valence-corrected chi connectivity index (χ3v) is 11.5. The lowest BCUT2D eigenvalue weighted by Crippen LogP contribution is -2.30. The van der Waals surface area contributed by atoms with Crippen LogP contribution in [0, 0.1) is 0 Å². The first kappa shape index (κ1) is 26.2. The van der Waals surface area contributed by atoms with Gasteiger partial charge in [0.15, 0.2) is 5.40 Å². The van der Waals surface area contributed by atoms with Crippen LogP contribution in [0.25, 0.3) is 0 Å². The van der Waals surface area contributed by atoms with E-state index in [4.69, 9.17) is 30.3 Å². The first-order valence-corrected chi connectivity index (χ1v) is 14.1. The Morgan fingerprint density at radius 2 is 1.50 bits per heavy atom. The standard InChI is InChI=1S/C16H31NO7P2S2/c1-5-21-25(19,22-6-2)15(26(20,23-7-3)24-8-4)11-9-10-14(18)17-12-13-28-16(17)27/h15H,5-13H2,1-4H3. The van der Waals surface area contributed by atoms with Gasteiger partial charge in [0, 0.05) is 18.7 Å². The zero-order valence-electron chi connectivity index (χ0n) is 17.0. The van der Waals surface area contributed by atoms with Crippen molar-refractivity contribution in [3.05, 3.63) is 0 Å². The van der Waals surface area contributed by atoms with Gasteiger partial charge in [0.2, 0.25) is 5.91 Å². The SMILES string of the molecule is CCOP(=O)(OCC)C(CCCC(=O)N1CCSC1=S)P(=O)(OCC)OCC. The first-order valence-electron chi connectivity index (χ1n) is 9.52. The van der Waals surface area contributed by atoms with E-state index in [1.807, 2.05) is 0 Å². The second-order valence-corrected chi connectivity index (χ2v) is 12.4. The van der Waals surface area contributed by atoms with Crippen molar-refractivity contribution in [2.75, 3.05) is 38.7 Å². The van der Waals surface area contributed by atoms with Crippen molar-refractivity contribution in [3.8, 4) is 0 Å². The monoisotopic (exact) mass is 475 g/mol. The van der Waals surface area contributed by atoms with Crippen LogP contribution < -0.4 is 0 Å². The van der Waals surface area contributed by atoms with E-state index in [0.717, 1.165) is 5.75 Å². The molecule has 1 amide bonds. The highest BCUT2D eigenvalue weighted by molar-refractivity contribution is 8.23. The van der Waals surface area contributed by atoms with Crippen LogP contribution in [0.3, 0.4) is 0 Å². The zero-order chi connectivity index (χ0) is 21.2. The van der Waals surface area contributed by atoms with Crippen LogP contribution in [0.4, 0.5) is 0 Å². The third-order valence-electron chi connectivity index (χ3n) is 3.88. The van der Waals surface area contributed by atoms with Crippen LogP contribution in [-0.2, 0) is 32.0 Å². The van der Waals surface area contributed by atoms with Gasteiger partial charge in [-0.2, -0.15) is 0 Å². The summed E-state index contributed by atoms with van der Waals surface area (Å²) < 4.78 is 49.1. The number of rotatable bonds is 14. The molecule has 0 unspecified atom stereocenters. The summed E-state index contributed by atoms with van der Waals surface area (Å²) in [7, 11) is -7.55. The van der Waals surface area contributed by atoms with E-state index >= 15 is 0 Å². The Morgan fingerprint density at radius 1 is 1.04 bits per heavy atom. The number of hydrogen-bond acceptors (Lipinski definition) is 9. The Hall–Kier alpha value is 0.210. The van der Waals surface area contributed by atoms with Crippen LogP contribution >= 0.6 is 39.2 Å². The van der Waals surface area contributed by atoms with E-state index in [0.29, 0.717) is 17.3 Å². The molecule has 1 heterocycles. The van der Waals surface area contributed by atoms with Crippen molar-refractivity contribution in [3.63, 3.8) is 0 Å². The lowest BCUT2D eigenvalue weighted by atomic mass is 10.2. The molecule has 164 valence electrons. The van der Waals surface area contributed by atoms with E-state index in [-0.39, 0.29) is 45.2 Å². The summed E-state index contributed by atoms with van der Waals surface area (Å²) in [5.41, 5.74) is 0. The van der Waals surface area contributed by atoms with Crippen LogP contribution in [-0.4, -0.2) is 59.3 Å². The summed E-state index contributed by atoms with van der Waals surface area (Å²) in [4.78, 5) is 14.0. The minimum Gasteiger partial charge on any atom is -0.308 e. The van der Waals surface area contributed by atoms with Crippen LogP contribution in [0.1, 0.15) is 47.0 Å². The predicted molar refractivity (Wildman–Crippen MR) is 116 cm³/mol. The number of thiocarbonyl (C=S) groups is 1. The summed E-state index contributed by atoms with van der Waals surface area (Å²) in [5.74, 6) is 0.695. The molecule has 0 N–H and O–H groups in total. The van der Waals surface area contributed by atoms with Gasteiger partial charge in [-0.05, 0) is 40.5 Å². The lowest BCUT2D eigenvalue weighted by Gasteiger charge is -2.31. The summed E-state index contributed by atoms with van der Waals surface area (Å²) in [5, 5.41) is -1.09. The molecule has 12 heteroatoms. The molecule has 1 aliphatic rings. The Labute approximate surface area is 177 Å². The molecule has 1 aliphatic heterocycles. The zero-order valence-corrected chi connectivity index (χ0v) is 20.4. The fourth-order valence-corrected chi connectivity index (χ4v) is 9.52. The van der Waals surface area contributed by atoms with E-state index < -0.39 is 20.6 Å². The fraction of sp³-hybridized carbons (Fsp3) is 0.875. The third kappa shape index (κ3) is 7.17. The number of amides is 1. The molecule has 0 saturated carbocycles. The van der Waals surface area contributed by atoms with Crippen molar-refractivity contribution < 1.29 is 32.0 Å². The molecular weight excluding hydrogens is 444 g/mol. The van der Waals surface area contributed by atoms with Gasteiger partial charge in [0.05, 0.1) is 26.4 Å². The predicted octanol–water partition coefficient (Wildman–Crippen LogP) is 4.88. The molecule has 0 radical (unpaired) electrons. The molecule has 0 aliphatic carbocycles. The number of thioether (sulfide) groups is 1. The van der Waals surface area contributed by atoms with E-state index in [2.05, 4.69) is 0 Å². The van der Waals surface area contributed by atoms with Crippen molar-refractivity contribution in [1.82, 2.24) is 4.90 Å². The maximum atomic E-state index is 13.4. The van der Waals surface area contributed by atoms with Gasteiger partial charge in [-0.15, -0.1) is 0 Å². The van der Waals surface area contributed by atoms with E-state index in [9.17, 15) is 13.9 Å².